The highest BCUT2D eigenvalue weighted by Crippen LogP contribution is 2.37. The van der Waals surface area contributed by atoms with Crippen LogP contribution in [0.3, 0.4) is 0 Å². The largest absolute Gasteiger partial charge is 0.274 e. The summed E-state index contributed by atoms with van der Waals surface area (Å²) >= 11 is 6.44. The SMILES string of the molecule is Brc1ccc2ccc3cccc4ccc1c2c34.O=C1CCC(=O)N1Br.c1cc2ccc3cccc4ccc(c1)c2c34. The van der Waals surface area contributed by atoms with Crippen molar-refractivity contribution in [2.24, 2.45) is 0 Å². The summed E-state index contributed by atoms with van der Waals surface area (Å²) in [6, 6.07) is 41.5. The fourth-order valence-corrected chi connectivity index (χ4v) is 6.74. The van der Waals surface area contributed by atoms with Crippen LogP contribution in [0.5, 0.6) is 0 Å². The Morgan fingerprint density at radius 1 is 0.439 bits per heavy atom. The van der Waals surface area contributed by atoms with E-state index in [9.17, 15) is 9.59 Å². The number of hydrogen-bond acceptors (Lipinski definition) is 2. The molecule has 1 heterocycles. The highest BCUT2D eigenvalue weighted by atomic mass is 79.9. The topological polar surface area (TPSA) is 37.4 Å². The van der Waals surface area contributed by atoms with E-state index in [0.29, 0.717) is 12.8 Å². The van der Waals surface area contributed by atoms with Crippen molar-refractivity contribution in [2.75, 3.05) is 0 Å². The van der Waals surface area contributed by atoms with Crippen LogP contribution in [0.1, 0.15) is 12.8 Å². The fraction of sp³-hybridized carbons (Fsp3) is 0.0556. The van der Waals surface area contributed by atoms with Gasteiger partial charge in [-0.3, -0.25) is 9.59 Å². The van der Waals surface area contributed by atoms with Gasteiger partial charge >= 0.3 is 0 Å². The van der Waals surface area contributed by atoms with Crippen molar-refractivity contribution in [3.8, 4) is 0 Å². The van der Waals surface area contributed by atoms with E-state index in [-0.39, 0.29) is 11.8 Å². The molecule has 2 amide bonds. The zero-order valence-corrected chi connectivity index (χ0v) is 25.1. The van der Waals surface area contributed by atoms with Crippen LogP contribution in [-0.2, 0) is 9.59 Å². The van der Waals surface area contributed by atoms with Gasteiger partial charge in [0.2, 0.25) is 11.8 Å². The van der Waals surface area contributed by atoms with Crippen LogP contribution in [0.4, 0.5) is 0 Å². The van der Waals surface area contributed by atoms with Gasteiger partial charge in [0.25, 0.3) is 0 Å². The fourth-order valence-electron chi connectivity index (χ4n) is 5.92. The number of amides is 2. The molecule has 41 heavy (non-hydrogen) atoms. The van der Waals surface area contributed by atoms with Gasteiger partial charge in [0, 0.05) is 17.3 Å². The van der Waals surface area contributed by atoms with Crippen molar-refractivity contribution < 1.29 is 9.59 Å². The zero-order chi connectivity index (χ0) is 28.1. The van der Waals surface area contributed by atoms with E-state index >= 15 is 0 Å². The van der Waals surface area contributed by atoms with E-state index in [0.717, 1.165) is 3.93 Å². The molecule has 1 aliphatic heterocycles. The second-order valence-electron chi connectivity index (χ2n) is 10.3. The number of hydrogen-bond donors (Lipinski definition) is 0. The molecule has 1 saturated heterocycles. The maximum Gasteiger partial charge on any atom is 0.239 e. The monoisotopic (exact) mass is 659 g/mol. The minimum absolute atomic E-state index is 0.144. The van der Waals surface area contributed by atoms with Gasteiger partial charge in [-0.05, 0) is 70.7 Å². The number of imide groups is 1. The van der Waals surface area contributed by atoms with Crippen LogP contribution in [0, 0.1) is 0 Å². The molecule has 0 atom stereocenters. The third-order valence-electron chi connectivity index (χ3n) is 7.86. The molecule has 1 fully saturated rings. The van der Waals surface area contributed by atoms with Gasteiger partial charge in [0.05, 0.1) is 16.1 Å². The Morgan fingerprint density at radius 2 is 0.756 bits per heavy atom. The predicted octanol–water partition coefficient (Wildman–Crippen LogP) is 10.4. The third kappa shape index (κ3) is 4.50. The Hall–Kier alpha value is -4.06. The van der Waals surface area contributed by atoms with Crippen LogP contribution in [-0.4, -0.2) is 15.7 Å². The Labute approximate surface area is 253 Å². The first-order valence-corrected chi connectivity index (χ1v) is 15.0. The van der Waals surface area contributed by atoms with Crippen LogP contribution in [0.25, 0.3) is 64.6 Å². The number of halogens is 2. The summed E-state index contributed by atoms with van der Waals surface area (Å²) < 4.78 is 2.15. The third-order valence-corrected chi connectivity index (χ3v) is 9.34. The first-order chi connectivity index (χ1) is 20.0. The zero-order valence-electron chi connectivity index (χ0n) is 21.9. The molecule has 0 unspecified atom stereocenters. The summed E-state index contributed by atoms with van der Waals surface area (Å²) in [6.07, 6.45) is 0.703. The normalized spacial score (nSPS) is 13.5. The molecular weight excluding hydrogens is 638 g/mol. The van der Waals surface area contributed by atoms with Crippen molar-refractivity contribution in [1.29, 1.82) is 0 Å². The van der Waals surface area contributed by atoms with E-state index < -0.39 is 0 Å². The molecule has 0 radical (unpaired) electrons. The van der Waals surface area contributed by atoms with Gasteiger partial charge in [0.1, 0.15) is 0 Å². The van der Waals surface area contributed by atoms with E-state index in [1.807, 2.05) is 0 Å². The highest BCUT2D eigenvalue weighted by Gasteiger charge is 2.26. The van der Waals surface area contributed by atoms with Crippen LogP contribution >= 0.6 is 32.1 Å². The maximum absolute atomic E-state index is 10.4. The summed E-state index contributed by atoms with van der Waals surface area (Å²) in [4.78, 5) is 20.9. The van der Waals surface area contributed by atoms with Crippen LogP contribution in [0.2, 0.25) is 0 Å². The lowest BCUT2D eigenvalue weighted by Crippen LogP contribution is -2.16. The molecule has 0 bridgehead atoms. The first kappa shape index (κ1) is 25.9. The lowest BCUT2D eigenvalue weighted by atomic mass is 9.94. The smallest absolute Gasteiger partial charge is 0.239 e. The summed E-state index contributed by atoms with van der Waals surface area (Å²) in [5, 5.41) is 16.1. The van der Waals surface area contributed by atoms with Gasteiger partial charge < -0.3 is 0 Å². The minimum atomic E-state index is -0.144. The Kier molecular flexibility index (Phi) is 6.57. The van der Waals surface area contributed by atoms with Crippen molar-refractivity contribution in [3.63, 3.8) is 0 Å². The van der Waals surface area contributed by atoms with Gasteiger partial charge in [-0.1, -0.05) is 125 Å². The van der Waals surface area contributed by atoms with Crippen molar-refractivity contribution in [3.05, 3.63) is 120 Å². The second-order valence-corrected chi connectivity index (χ2v) is 11.8. The molecule has 5 heteroatoms. The van der Waals surface area contributed by atoms with E-state index in [2.05, 4.69) is 147 Å². The number of nitrogens with zero attached hydrogens (tertiary/aromatic N) is 1. The van der Waals surface area contributed by atoms with Crippen LogP contribution < -0.4 is 0 Å². The molecule has 3 nitrogen and oxygen atoms in total. The summed E-state index contributed by atoms with van der Waals surface area (Å²) in [6.45, 7) is 0. The molecule has 8 aromatic carbocycles. The number of carbonyl (C=O) groups excluding carboxylic acids is 2. The quantitative estimate of drug-likeness (QED) is 0.0922. The van der Waals surface area contributed by atoms with Gasteiger partial charge in [0.15, 0.2) is 0 Å². The van der Waals surface area contributed by atoms with E-state index in [1.165, 1.54) is 69.1 Å². The number of rotatable bonds is 0. The van der Waals surface area contributed by atoms with Crippen molar-refractivity contribution in [1.82, 2.24) is 3.93 Å². The Balaban J connectivity index is 0.000000108. The van der Waals surface area contributed by atoms with Gasteiger partial charge in [-0.15, -0.1) is 0 Å². The lowest BCUT2D eigenvalue weighted by molar-refractivity contribution is -0.131. The lowest BCUT2D eigenvalue weighted by Gasteiger charge is -2.11. The van der Waals surface area contributed by atoms with E-state index in [4.69, 9.17) is 0 Å². The average Bonchev–Trinajstić information content (AvgIpc) is 3.31. The van der Waals surface area contributed by atoms with Crippen molar-refractivity contribution in [2.45, 2.75) is 12.8 Å². The maximum atomic E-state index is 10.4. The predicted molar refractivity (Wildman–Crippen MR) is 178 cm³/mol. The van der Waals surface area contributed by atoms with Crippen molar-refractivity contribution >= 4 is 109 Å². The molecule has 8 aromatic rings. The highest BCUT2D eigenvalue weighted by molar-refractivity contribution is 9.10. The summed E-state index contributed by atoms with van der Waals surface area (Å²) in [7, 11) is 0. The summed E-state index contributed by atoms with van der Waals surface area (Å²) in [5.41, 5.74) is 0. The molecule has 0 saturated carbocycles. The van der Waals surface area contributed by atoms with Gasteiger partial charge in [-0.2, -0.15) is 0 Å². The average molecular weight is 661 g/mol. The minimum Gasteiger partial charge on any atom is -0.274 e. The first-order valence-electron chi connectivity index (χ1n) is 13.5. The number of benzene rings is 8. The molecule has 198 valence electrons. The standard InChI is InChI=1S/C16H9Br.C16H10.C4H4BrNO2/c17-14-9-7-12-5-4-10-2-1-3-11-6-8-13(14)16(12)15(10)11;1-3-11-7-9-13-5-2-6-14-10-8-12(4-1)15(11)16(13)14;5-6-3(7)1-2-4(6)8/h1-9H;1-10H;1-2H2. The molecule has 0 spiro atoms. The second kappa shape index (κ2) is 10.4. The summed E-state index contributed by atoms with van der Waals surface area (Å²) in [5.74, 6) is -0.287. The molecule has 0 aliphatic carbocycles. The molecule has 0 N–H and O–H groups in total. The molecule has 0 aromatic heterocycles. The molecule has 9 rings (SSSR count). The molecular formula is C36H23Br2NO2. The van der Waals surface area contributed by atoms with E-state index in [1.54, 1.807) is 0 Å². The Bertz CT molecular complexity index is 2080. The van der Waals surface area contributed by atoms with Crippen LogP contribution in [0.15, 0.2) is 120 Å². The Morgan fingerprint density at radius 3 is 1.12 bits per heavy atom. The molecule has 1 aliphatic rings. The number of carbonyl (C=O) groups is 2. The van der Waals surface area contributed by atoms with Gasteiger partial charge in [-0.25, -0.2) is 3.93 Å².